The lowest BCUT2D eigenvalue weighted by Gasteiger charge is -2.18. The normalized spacial score (nSPS) is 14.1. The standard InChI is InChI=1S/C26H20ClF2N5O2/c27-18-12-20-25(32-15-18)34(22-10-8-16(13-30)14-31-22)23(33-20)11-9-17-4-3-7-21(36-26(28)29)24(17)35-19-5-1-2-6-19/h3-4,7-12,14-15,19,26H,1-2,5-6H2. The number of rotatable bonds is 7. The number of ether oxygens (including phenoxy) is 2. The summed E-state index contributed by atoms with van der Waals surface area (Å²) in [4.78, 5) is 13.4. The predicted molar refractivity (Wildman–Crippen MR) is 131 cm³/mol. The second kappa shape index (κ2) is 10.3. The molecular weight excluding hydrogens is 488 g/mol. The molecule has 0 N–H and O–H groups in total. The molecule has 4 aromatic rings. The van der Waals surface area contributed by atoms with Crippen LogP contribution in [0.15, 0.2) is 48.8 Å². The van der Waals surface area contributed by atoms with Crippen LogP contribution in [0, 0.1) is 11.3 Å². The minimum Gasteiger partial charge on any atom is -0.486 e. The van der Waals surface area contributed by atoms with Crippen molar-refractivity contribution in [2.45, 2.75) is 38.4 Å². The minimum absolute atomic E-state index is 0.0187. The molecule has 1 saturated carbocycles. The van der Waals surface area contributed by atoms with Crippen LogP contribution in [0.1, 0.15) is 42.6 Å². The molecule has 1 fully saturated rings. The monoisotopic (exact) mass is 507 g/mol. The lowest BCUT2D eigenvalue weighted by molar-refractivity contribution is -0.0520. The molecule has 0 atom stereocenters. The topological polar surface area (TPSA) is 85.9 Å². The molecule has 7 nitrogen and oxygen atoms in total. The molecule has 1 aliphatic rings. The van der Waals surface area contributed by atoms with Crippen LogP contribution in [0.2, 0.25) is 5.02 Å². The van der Waals surface area contributed by atoms with Crippen LogP contribution in [-0.4, -0.2) is 32.2 Å². The van der Waals surface area contributed by atoms with Crippen molar-refractivity contribution in [3.8, 4) is 23.4 Å². The molecule has 5 rings (SSSR count). The number of aromatic nitrogens is 4. The van der Waals surface area contributed by atoms with Gasteiger partial charge in [-0.25, -0.2) is 15.0 Å². The minimum atomic E-state index is -2.97. The summed E-state index contributed by atoms with van der Waals surface area (Å²) in [6.07, 6.45) is 10.1. The number of para-hydroxylation sites is 1. The molecule has 10 heteroatoms. The number of alkyl halides is 2. The van der Waals surface area contributed by atoms with Gasteiger partial charge in [0.05, 0.1) is 16.7 Å². The van der Waals surface area contributed by atoms with Gasteiger partial charge in [-0.05, 0) is 62.1 Å². The summed E-state index contributed by atoms with van der Waals surface area (Å²) in [5, 5.41) is 9.54. The van der Waals surface area contributed by atoms with Crippen molar-refractivity contribution in [1.29, 1.82) is 5.26 Å². The van der Waals surface area contributed by atoms with Gasteiger partial charge in [-0.1, -0.05) is 23.7 Å². The van der Waals surface area contributed by atoms with Gasteiger partial charge in [0.2, 0.25) is 0 Å². The molecule has 0 aliphatic heterocycles. The first-order chi connectivity index (χ1) is 17.5. The highest BCUT2D eigenvalue weighted by molar-refractivity contribution is 6.31. The van der Waals surface area contributed by atoms with Gasteiger partial charge in [0, 0.05) is 18.0 Å². The van der Waals surface area contributed by atoms with E-state index in [9.17, 15) is 8.78 Å². The third-order valence-corrected chi connectivity index (χ3v) is 6.03. The number of benzene rings is 1. The third-order valence-electron chi connectivity index (χ3n) is 5.82. The van der Waals surface area contributed by atoms with Gasteiger partial charge in [-0.3, -0.25) is 4.57 Å². The summed E-state index contributed by atoms with van der Waals surface area (Å²) < 4.78 is 38.8. The number of hydrogen-bond acceptors (Lipinski definition) is 6. The molecule has 0 spiro atoms. The zero-order chi connectivity index (χ0) is 25.1. The highest BCUT2D eigenvalue weighted by Gasteiger charge is 2.22. The fourth-order valence-corrected chi connectivity index (χ4v) is 4.35. The largest absolute Gasteiger partial charge is 0.486 e. The van der Waals surface area contributed by atoms with Crippen molar-refractivity contribution < 1.29 is 18.3 Å². The van der Waals surface area contributed by atoms with Gasteiger partial charge in [0.25, 0.3) is 0 Å². The predicted octanol–water partition coefficient (Wildman–Crippen LogP) is 6.43. The van der Waals surface area contributed by atoms with Gasteiger partial charge in [-0.2, -0.15) is 14.0 Å². The fraction of sp³-hybridized carbons (Fsp3) is 0.231. The van der Waals surface area contributed by atoms with E-state index < -0.39 is 6.61 Å². The Labute approximate surface area is 210 Å². The van der Waals surface area contributed by atoms with Crippen LogP contribution in [0.3, 0.4) is 0 Å². The Kier molecular flexibility index (Phi) is 6.78. The Morgan fingerprint density at radius 3 is 2.67 bits per heavy atom. The van der Waals surface area contributed by atoms with Gasteiger partial charge < -0.3 is 9.47 Å². The van der Waals surface area contributed by atoms with Gasteiger partial charge in [-0.15, -0.1) is 0 Å². The van der Waals surface area contributed by atoms with Crippen molar-refractivity contribution in [3.63, 3.8) is 0 Å². The van der Waals surface area contributed by atoms with E-state index in [1.165, 1.54) is 18.5 Å². The van der Waals surface area contributed by atoms with E-state index in [4.69, 9.17) is 26.3 Å². The van der Waals surface area contributed by atoms with Crippen molar-refractivity contribution >= 4 is 34.9 Å². The maximum atomic E-state index is 13.1. The summed E-state index contributed by atoms with van der Waals surface area (Å²) in [6, 6.07) is 11.9. The molecule has 3 heterocycles. The van der Waals surface area contributed by atoms with E-state index in [1.807, 2.05) is 6.07 Å². The Bertz CT molecular complexity index is 1460. The maximum Gasteiger partial charge on any atom is 0.387 e. The maximum absolute atomic E-state index is 13.1. The van der Waals surface area contributed by atoms with E-state index in [0.717, 1.165) is 25.7 Å². The average molecular weight is 508 g/mol. The Hall–Kier alpha value is -4.03. The SMILES string of the molecule is N#Cc1ccc(-n2c(C=Cc3cccc(OC(F)F)c3OC3CCCC3)nc3cc(Cl)cnc32)nc1. The number of pyridine rings is 2. The fourth-order valence-electron chi connectivity index (χ4n) is 4.20. The van der Waals surface area contributed by atoms with E-state index in [2.05, 4.69) is 15.0 Å². The van der Waals surface area contributed by atoms with Crippen molar-refractivity contribution in [2.75, 3.05) is 0 Å². The number of hydrogen-bond donors (Lipinski definition) is 0. The summed E-state index contributed by atoms with van der Waals surface area (Å²) in [5.41, 5.74) is 2.05. The van der Waals surface area contributed by atoms with Crippen LogP contribution in [0.5, 0.6) is 11.5 Å². The molecule has 1 aromatic carbocycles. The highest BCUT2D eigenvalue weighted by Crippen LogP contribution is 2.37. The van der Waals surface area contributed by atoms with Crippen LogP contribution in [-0.2, 0) is 0 Å². The van der Waals surface area contributed by atoms with Crippen LogP contribution < -0.4 is 9.47 Å². The van der Waals surface area contributed by atoms with Crippen LogP contribution in [0.25, 0.3) is 29.1 Å². The molecule has 0 bridgehead atoms. The summed E-state index contributed by atoms with van der Waals surface area (Å²) in [6.45, 7) is -2.97. The highest BCUT2D eigenvalue weighted by atomic mass is 35.5. The smallest absolute Gasteiger partial charge is 0.387 e. The number of nitrogens with zero attached hydrogens (tertiary/aromatic N) is 5. The summed E-state index contributed by atoms with van der Waals surface area (Å²) in [5.74, 6) is 1.23. The van der Waals surface area contributed by atoms with E-state index in [0.29, 0.717) is 39.0 Å². The molecule has 0 unspecified atom stereocenters. The first kappa shape index (κ1) is 23.7. The second-order valence-electron chi connectivity index (χ2n) is 8.23. The van der Waals surface area contributed by atoms with Crippen LogP contribution in [0.4, 0.5) is 8.78 Å². The van der Waals surface area contributed by atoms with Gasteiger partial charge >= 0.3 is 6.61 Å². The second-order valence-corrected chi connectivity index (χ2v) is 8.67. The van der Waals surface area contributed by atoms with Crippen molar-refractivity contribution in [3.05, 3.63) is 70.8 Å². The molecule has 182 valence electrons. The number of halogens is 3. The Morgan fingerprint density at radius 1 is 1.11 bits per heavy atom. The lowest BCUT2D eigenvalue weighted by atomic mass is 10.1. The molecular formula is C26H20ClF2N5O2. The quantitative estimate of drug-likeness (QED) is 0.286. The third kappa shape index (κ3) is 4.99. The van der Waals surface area contributed by atoms with E-state index in [1.54, 1.807) is 47.1 Å². The average Bonchev–Trinajstić information content (AvgIpc) is 3.51. The number of fused-ring (bicyclic) bond motifs is 1. The molecule has 0 amide bonds. The van der Waals surface area contributed by atoms with Crippen molar-refractivity contribution in [1.82, 2.24) is 19.5 Å². The van der Waals surface area contributed by atoms with E-state index in [-0.39, 0.29) is 17.6 Å². The Balaban J connectivity index is 1.59. The molecule has 36 heavy (non-hydrogen) atoms. The van der Waals surface area contributed by atoms with Gasteiger partial charge in [0.1, 0.15) is 23.2 Å². The zero-order valence-electron chi connectivity index (χ0n) is 18.9. The zero-order valence-corrected chi connectivity index (χ0v) is 19.7. The number of nitriles is 1. The van der Waals surface area contributed by atoms with Crippen LogP contribution >= 0.6 is 11.6 Å². The molecule has 0 saturated heterocycles. The summed E-state index contributed by atoms with van der Waals surface area (Å²) >= 11 is 6.13. The summed E-state index contributed by atoms with van der Waals surface area (Å²) in [7, 11) is 0. The number of imidazole rings is 1. The first-order valence-electron chi connectivity index (χ1n) is 11.3. The van der Waals surface area contributed by atoms with Gasteiger partial charge in [0.15, 0.2) is 17.1 Å². The lowest BCUT2D eigenvalue weighted by Crippen LogP contribution is -2.13. The molecule has 3 aromatic heterocycles. The van der Waals surface area contributed by atoms with Crippen molar-refractivity contribution in [2.24, 2.45) is 0 Å². The molecule has 0 radical (unpaired) electrons. The molecule has 1 aliphatic carbocycles. The van der Waals surface area contributed by atoms with E-state index >= 15 is 0 Å². The first-order valence-corrected chi connectivity index (χ1v) is 11.7. The Morgan fingerprint density at radius 2 is 1.94 bits per heavy atom.